The Kier molecular flexibility index (Phi) is 1.91. The third-order valence-electron chi connectivity index (χ3n) is 1.35. The van der Waals surface area contributed by atoms with Crippen molar-refractivity contribution in [3.8, 4) is 11.6 Å². The number of hydrogen-bond acceptors (Lipinski definition) is 3. The van der Waals surface area contributed by atoms with E-state index in [0.717, 1.165) is 0 Å². The van der Waals surface area contributed by atoms with Crippen molar-refractivity contribution in [2.45, 2.75) is 6.54 Å². The van der Waals surface area contributed by atoms with Crippen molar-refractivity contribution in [3.05, 3.63) is 12.6 Å². The van der Waals surface area contributed by atoms with Crippen molar-refractivity contribution in [1.82, 2.24) is 9.78 Å². The molecule has 0 atom stereocenters. The van der Waals surface area contributed by atoms with Crippen LogP contribution in [0.5, 0.6) is 11.6 Å². The second-order valence-electron chi connectivity index (χ2n) is 2.05. The van der Waals surface area contributed by atoms with E-state index in [9.17, 15) is 0 Å². The molecular weight excluding hydrogens is 666 g/mol. The van der Waals surface area contributed by atoms with Gasteiger partial charge in [-0.15, -0.1) is 0 Å². The van der Waals surface area contributed by atoms with E-state index >= 15 is 0 Å². The number of aromatic hydroxyl groups is 1. The summed E-state index contributed by atoms with van der Waals surface area (Å²) >= 11 is 0. The zero-order valence-corrected chi connectivity index (χ0v) is 19.5. The van der Waals surface area contributed by atoms with Gasteiger partial charge in [-0.3, -0.25) is 6.42 Å². The molecule has 6 heteroatoms. The summed E-state index contributed by atoms with van der Waals surface area (Å²) in [5, 5.41) is 12.8. The third-order valence-corrected chi connectivity index (χ3v) is 1.35. The predicted molar refractivity (Wildman–Crippen MR) is 32.5 cm³/mol. The maximum absolute atomic E-state index is 9.02. The number of ether oxygens (including phenoxy) is 1. The summed E-state index contributed by atoms with van der Waals surface area (Å²) < 4.78 is 6.61. The molecule has 0 saturated carbocycles. The molecular formula is C6H6N2O2Rf2-2. The molecule has 2 heterocycles. The van der Waals surface area contributed by atoms with Gasteiger partial charge in [0.2, 0.25) is 0 Å². The number of aromatic nitrogens is 2. The molecule has 0 aliphatic carbocycles. The summed E-state index contributed by atoms with van der Waals surface area (Å²) in [4.78, 5) is 0. The zero-order valence-electron chi connectivity index (χ0n) is 6.66. The Bertz CT molecular complexity index is 252. The van der Waals surface area contributed by atoms with Crippen LogP contribution in [0.15, 0.2) is 0 Å². The molecule has 1 aliphatic rings. The van der Waals surface area contributed by atoms with Gasteiger partial charge in [0.05, 0.1) is 5.88 Å². The van der Waals surface area contributed by atoms with Gasteiger partial charge in [0.25, 0.3) is 0 Å². The molecule has 0 amide bonds. The van der Waals surface area contributed by atoms with Crippen LogP contribution in [0, 0.1) is 12.6 Å². The van der Waals surface area contributed by atoms with Gasteiger partial charge in [0.15, 0.2) is 0 Å². The van der Waals surface area contributed by atoms with Gasteiger partial charge < -0.3 is 19.6 Å². The Morgan fingerprint density at radius 2 is 2.33 bits per heavy atom. The first-order valence-electron chi connectivity index (χ1n) is 3.00. The molecule has 4 nitrogen and oxygen atoms in total. The van der Waals surface area contributed by atoms with E-state index < -0.39 is 0 Å². The van der Waals surface area contributed by atoms with Crippen LogP contribution in [0.3, 0.4) is 0 Å². The van der Waals surface area contributed by atoms with Crippen molar-refractivity contribution in [2.24, 2.45) is 0 Å². The fraction of sp³-hybridized carbons (Fsp3) is 0.333. The standard InChI is InChI=1S/C6H6N2O2.2Rf/c9-5-4-7-8-2-1-3-10-6(5)8;;/h1,9H,2-3H2;;/q-2;;. The molecule has 0 bridgehead atoms. The van der Waals surface area contributed by atoms with Crippen LogP contribution >= 0.6 is 0 Å². The maximum atomic E-state index is 9.02. The molecule has 0 radical (unpaired) electrons. The molecule has 0 unspecified atom stereocenters. The molecule has 1 N–H and O–H groups in total. The average Bonchev–Trinajstić information content (AvgIpc) is 2.34. The first-order chi connectivity index (χ1) is 4.88. The van der Waals surface area contributed by atoms with Crippen LogP contribution in [-0.2, 0) is 6.54 Å². The number of fused-ring (bicyclic) bond motifs is 1. The fourth-order valence-corrected chi connectivity index (χ4v) is 0.903. The minimum absolute atomic E-state index is 0. The molecule has 0 saturated heterocycles. The normalized spacial score (nSPS) is 13.3. The van der Waals surface area contributed by atoms with E-state index in [0.29, 0.717) is 19.0 Å². The van der Waals surface area contributed by atoms with Crippen LogP contribution in [0.2, 0.25) is 0 Å². The average molecular weight is 672 g/mol. The molecule has 12 heavy (non-hydrogen) atoms. The molecule has 58 valence electrons. The van der Waals surface area contributed by atoms with Gasteiger partial charge in [-0.25, -0.2) is 0 Å². The molecule has 2 rings (SSSR count). The van der Waals surface area contributed by atoms with Crippen LogP contribution in [0.25, 0.3) is 0 Å². The van der Waals surface area contributed by atoms with E-state index in [1.54, 1.807) is 4.68 Å². The predicted octanol–water partition coefficient (Wildman–Crippen LogP) is -0.0144. The maximum Gasteiger partial charge on any atom is 0.0885 e. The molecule has 0 fully saturated rings. The Labute approximate surface area is 58.0 Å². The molecule has 0 aromatic carbocycles. The second-order valence-corrected chi connectivity index (χ2v) is 2.05. The van der Waals surface area contributed by atoms with Crippen LogP contribution < -0.4 is 4.74 Å². The Hall–Kier alpha value is -3.19. The monoisotopic (exact) mass is 672 g/mol. The summed E-state index contributed by atoms with van der Waals surface area (Å²) in [5.41, 5.74) is 0. The zero-order chi connectivity index (χ0) is 6.97. The van der Waals surface area contributed by atoms with Crippen molar-refractivity contribution >= 4 is 0 Å². The Balaban J connectivity index is 0.000000605. The SMILES string of the molecule is Oc1[c-]nn2c1OC[CH-]C2.[Rf].[Rf]. The van der Waals surface area contributed by atoms with E-state index in [4.69, 9.17) is 9.84 Å². The van der Waals surface area contributed by atoms with Crippen molar-refractivity contribution < 1.29 is 9.84 Å². The number of hydrogen-bond donors (Lipinski definition) is 1. The summed E-state index contributed by atoms with van der Waals surface area (Å²) in [6.07, 6.45) is 4.33. The van der Waals surface area contributed by atoms with Crippen molar-refractivity contribution in [2.75, 3.05) is 6.61 Å². The third kappa shape index (κ3) is 0.814. The fourth-order valence-electron chi connectivity index (χ4n) is 0.903. The number of nitrogens with zero attached hydrogens (tertiary/aromatic N) is 2. The van der Waals surface area contributed by atoms with Gasteiger partial charge in [-0.1, -0.05) is 19.3 Å². The molecule has 1 aromatic heterocycles. The van der Waals surface area contributed by atoms with Crippen molar-refractivity contribution in [3.63, 3.8) is 0 Å². The molecule has 1 aliphatic heterocycles. The van der Waals surface area contributed by atoms with Crippen LogP contribution in [-0.4, -0.2) is 21.5 Å². The summed E-state index contributed by atoms with van der Waals surface area (Å²) in [6.45, 7) is 1.22. The molecule has 0 spiro atoms. The quantitative estimate of drug-likeness (QED) is 0.395. The summed E-state index contributed by atoms with van der Waals surface area (Å²) in [7, 11) is 0. The summed E-state index contributed by atoms with van der Waals surface area (Å²) in [6, 6.07) is 0. The first-order valence-corrected chi connectivity index (χ1v) is 3.00. The number of rotatable bonds is 0. The minimum atomic E-state index is -0.00639. The smallest absolute Gasteiger partial charge is 0.0885 e. The summed E-state index contributed by atoms with van der Waals surface area (Å²) in [5.74, 6) is 0.413. The van der Waals surface area contributed by atoms with Crippen molar-refractivity contribution in [1.29, 1.82) is 0 Å². The largest absolute Gasteiger partial charge is 0.591 e. The minimum Gasteiger partial charge on any atom is -0.591 e. The van der Waals surface area contributed by atoms with E-state index in [1.807, 2.05) is 6.42 Å². The Morgan fingerprint density at radius 1 is 1.58 bits per heavy atom. The second kappa shape index (κ2) is 2.60. The van der Waals surface area contributed by atoms with Gasteiger partial charge in [0, 0.05) is 5.75 Å². The topological polar surface area (TPSA) is 47.3 Å². The van der Waals surface area contributed by atoms with E-state index in [1.165, 1.54) is 0 Å². The van der Waals surface area contributed by atoms with Gasteiger partial charge in [-0.2, -0.15) is 0 Å². The molecule has 1 aromatic rings. The Morgan fingerprint density at radius 3 is 3.00 bits per heavy atom. The van der Waals surface area contributed by atoms with Gasteiger partial charge >= 0.3 is 0 Å². The van der Waals surface area contributed by atoms with Crippen LogP contribution in [0.4, 0.5) is 0 Å². The van der Waals surface area contributed by atoms with E-state index in [-0.39, 0.29) is 5.75 Å². The van der Waals surface area contributed by atoms with E-state index in [2.05, 4.69) is 11.3 Å². The van der Waals surface area contributed by atoms with Gasteiger partial charge in [0.1, 0.15) is 0 Å². The van der Waals surface area contributed by atoms with Crippen LogP contribution in [0.1, 0.15) is 0 Å². The van der Waals surface area contributed by atoms with Gasteiger partial charge in [-0.05, 0) is 0 Å². The first kappa shape index (κ1) is 8.81.